The maximum absolute atomic E-state index is 12.6. The molecule has 0 bridgehead atoms. The van der Waals surface area contributed by atoms with Crippen LogP contribution in [-0.4, -0.2) is 51.4 Å². The molecule has 3 nitrogen and oxygen atoms in total. The Morgan fingerprint density at radius 3 is 2.70 bits per heavy atom. The van der Waals surface area contributed by atoms with E-state index in [-0.39, 0.29) is 12.6 Å². The molecule has 0 spiro atoms. The van der Waals surface area contributed by atoms with Crippen molar-refractivity contribution in [2.75, 3.05) is 26.9 Å². The van der Waals surface area contributed by atoms with Crippen LogP contribution in [0.15, 0.2) is 0 Å². The quantitative estimate of drug-likeness (QED) is 0.629. The Hall–Kier alpha value is -0.400. The summed E-state index contributed by atoms with van der Waals surface area (Å²) in [6.45, 7) is -0.426. The maximum atomic E-state index is 12.6. The van der Waals surface area contributed by atoms with E-state index in [0.717, 1.165) is 38.7 Å². The van der Waals surface area contributed by atoms with E-state index in [0.29, 0.717) is 6.10 Å². The molecule has 0 aromatic heterocycles. The van der Waals surface area contributed by atoms with Gasteiger partial charge in [0.05, 0.1) is 12.7 Å². The van der Waals surface area contributed by atoms with E-state index in [1.54, 1.807) is 7.05 Å². The van der Waals surface area contributed by atoms with Crippen molar-refractivity contribution >= 4 is 0 Å². The first kappa shape index (κ1) is 17.7. The zero-order chi connectivity index (χ0) is 15.0. The molecular formula is C13H23F4NO2. The van der Waals surface area contributed by atoms with Gasteiger partial charge in [-0.3, -0.25) is 0 Å². The Morgan fingerprint density at radius 1 is 1.40 bits per heavy atom. The van der Waals surface area contributed by atoms with Gasteiger partial charge in [0.25, 0.3) is 0 Å². The SMILES string of the molecule is CNC(CCCC1CCCO1)COCC(F)(F)C(F)F. The smallest absolute Gasteiger partial charge is 0.330 e. The third-order valence-corrected chi connectivity index (χ3v) is 3.44. The largest absolute Gasteiger partial charge is 0.378 e. The molecule has 1 heterocycles. The van der Waals surface area contributed by atoms with Gasteiger partial charge in [0.1, 0.15) is 6.61 Å². The summed E-state index contributed by atoms with van der Waals surface area (Å²) >= 11 is 0. The highest BCUT2D eigenvalue weighted by atomic mass is 19.3. The van der Waals surface area contributed by atoms with Crippen LogP contribution in [0.3, 0.4) is 0 Å². The monoisotopic (exact) mass is 301 g/mol. The lowest BCUT2D eigenvalue weighted by atomic mass is 10.1. The van der Waals surface area contributed by atoms with Crippen LogP contribution in [0.1, 0.15) is 32.1 Å². The maximum Gasteiger partial charge on any atom is 0.330 e. The van der Waals surface area contributed by atoms with Crippen molar-refractivity contribution < 1.29 is 27.0 Å². The van der Waals surface area contributed by atoms with Crippen molar-refractivity contribution in [1.29, 1.82) is 0 Å². The number of alkyl halides is 4. The van der Waals surface area contributed by atoms with Crippen LogP contribution in [0.4, 0.5) is 17.6 Å². The van der Waals surface area contributed by atoms with E-state index >= 15 is 0 Å². The van der Waals surface area contributed by atoms with Gasteiger partial charge in [-0.05, 0) is 39.2 Å². The van der Waals surface area contributed by atoms with E-state index in [4.69, 9.17) is 9.47 Å². The first-order chi connectivity index (χ1) is 9.45. The lowest BCUT2D eigenvalue weighted by Gasteiger charge is -2.20. The topological polar surface area (TPSA) is 30.5 Å². The highest BCUT2D eigenvalue weighted by Crippen LogP contribution is 2.23. The molecule has 7 heteroatoms. The molecule has 2 atom stereocenters. The van der Waals surface area contributed by atoms with Crippen LogP contribution in [-0.2, 0) is 9.47 Å². The second-order valence-corrected chi connectivity index (χ2v) is 5.13. The summed E-state index contributed by atoms with van der Waals surface area (Å²) < 4.78 is 59.4. The van der Waals surface area contributed by atoms with Crippen LogP contribution in [0.5, 0.6) is 0 Å². The van der Waals surface area contributed by atoms with Crippen molar-refractivity contribution in [3.63, 3.8) is 0 Å². The Bertz CT molecular complexity index is 261. The standard InChI is InChI=1S/C13H23F4NO2/c1-18-10(4-2-5-11-6-3-7-20-11)8-19-9-13(16,17)12(14)15/h10-12,18H,2-9H2,1H3. The highest BCUT2D eigenvalue weighted by molar-refractivity contribution is 4.71. The predicted molar refractivity (Wildman–Crippen MR) is 67.4 cm³/mol. The van der Waals surface area contributed by atoms with Crippen LogP contribution in [0.2, 0.25) is 0 Å². The van der Waals surface area contributed by atoms with Gasteiger partial charge in [-0.25, -0.2) is 8.78 Å². The molecule has 1 aliphatic heterocycles. The molecule has 1 aliphatic rings. The first-order valence-electron chi connectivity index (χ1n) is 6.98. The van der Waals surface area contributed by atoms with Gasteiger partial charge in [0, 0.05) is 12.6 Å². The zero-order valence-electron chi connectivity index (χ0n) is 11.7. The van der Waals surface area contributed by atoms with Gasteiger partial charge in [-0.1, -0.05) is 0 Å². The molecule has 0 saturated carbocycles. The number of ether oxygens (including phenoxy) is 2. The van der Waals surface area contributed by atoms with E-state index in [2.05, 4.69) is 5.32 Å². The summed E-state index contributed by atoms with van der Waals surface area (Å²) in [7, 11) is 1.70. The molecule has 1 saturated heterocycles. The lowest BCUT2D eigenvalue weighted by Crippen LogP contribution is -2.36. The highest BCUT2D eigenvalue weighted by Gasteiger charge is 2.41. The van der Waals surface area contributed by atoms with E-state index in [1.165, 1.54) is 0 Å². The number of rotatable bonds is 10. The van der Waals surface area contributed by atoms with E-state index < -0.39 is 19.0 Å². The number of likely N-dealkylation sites (N-methyl/N-ethyl adjacent to an activating group) is 1. The van der Waals surface area contributed by atoms with Crippen molar-refractivity contribution in [2.24, 2.45) is 0 Å². The van der Waals surface area contributed by atoms with E-state index in [1.807, 2.05) is 0 Å². The average molecular weight is 301 g/mol. The second-order valence-electron chi connectivity index (χ2n) is 5.13. The van der Waals surface area contributed by atoms with Gasteiger partial charge >= 0.3 is 12.3 Å². The summed E-state index contributed by atoms with van der Waals surface area (Å²) in [6.07, 6.45) is 1.35. The van der Waals surface area contributed by atoms with Crippen LogP contribution < -0.4 is 5.32 Å². The number of hydrogen-bond donors (Lipinski definition) is 1. The summed E-state index contributed by atoms with van der Waals surface area (Å²) in [5.41, 5.74) is 0. The molecule has 1 fully saturated rings. The van der Waals surface area contributed by atoms with Crippen molar-refractivity contribution in [2.45, 2.75) is 56.6 Å². The van der Waals surface area contributed by atoms with Gasteiger partial charge in [0.15, 0.2) is 0 Å². The summed E-state index contributed by atoms with van der Waals surface area (Å²) in [5.74, 6) is -4.07. The van der Waals surface area contributed by atoms with Crippen LogP contribution in [0, 0.1) is 0 Å². The third-order valence-electron chi connectivity index (χ3n) is 3.44. The minimum Gasteiger partial charge on any atom is -0.378 e. The molecule has 0 aliphatic carbocycles. The predicted octanol–water partition coefficient (Wildman–Crippen LogP) is 2.84. The molecule has 0 amide bonds. The Morgan fingerprint density at radius 2 is 2.15 bits per heavy atom. The van der Waals surface area contributed by atoms with Gasteiger partial charge < -0.3 is 14.8 Å². The van der Waals surface area contributed by atoms with Crippen molar-refractivity contribution in [3.8, 4) is 0 Å². The molecule has 2 unspecified atom stereocenters. The molecule has 0 aromatic carbocycles. The van der Waals surface area contributed by atoms with Gasteiger partial charge in [-0.2, -0.15) is 8.78 Å². The molecule has 20 heavy (non-hydrogen) atoms. The van der Waals surface area contributed by atoms with Gasteiger partial charge in [-0.15, -0.1) is 0 Å². The van der Waals surface area contributed by atoms with Gasteiger partial charge in [0.2, 0.25) is 0 Å². The van der Waals surface area contributed by atoms with Crippen LogP contribution in [0.25, 0.3) is 0 Å². The molecular weight excluding hydrogens is 278 g/mol. The fourth-order valence-electron chi connectivity index (χ4n) is 2.18. The Balaban J connectivity index is 2.12. The zero-order valence-corrected chi connectivity index (χ0v) is 11.7. The summed E-state index contributed by atoms with van der Waals surface area (Å²) in [5, 5.41) is 2.94. The molecule has 1 rings (SSSR count). The molecule has 0 radical (unpaired) electrons. The third kappa shape index (κ3) is 6.37. The van der Waals surface area contributed by atoms with Crippen LogP contribution >= 0.6 is 0 Å². The Kier molecular flexibility index (Phi) is 7.76. The average Bonchev–Trinajstić information content (AvgIpc) is 2.89. The molecule has 1 N–H and O–H groups in total. The summed E-state index contributed by atoms with van der Waals surface area (Å²) in [6, 6.07) is -0.107. The number of hydrogen-bond acceptors (Lipinski definition) is 3. The minimum absolute atomic E-state index is 0.00430. The molecule has 0 aromatic rings. The van der Waals surface area contributed by atoms with Crippen molar-refractivity contribution in [3.05, 3.63) is 0 Å². The first-order valence-corrected chi connectivity index (χ1v) is 6.98. The fourth-order valence-corrected chi connectivity index (χ4v) is 2.18. The normalized spacial score (nSPS) is 21.6. The summed E-state index contributed by atoms with van der Waals surface area (Å²) in [4.78, 5) is 0. The Labute approximate surface area is 117 Å². The molecule has 120 valence electrons. The fraction of sp³-hybridized carbons (Fsp3) is 1.00. The van der Waals surface area contributed by atoms with E-state index in [9.17, 15) is 17.6 Å². The lowest BCUT2D eigenvalue weighted by molar-refractivity contribution is -0.167. The van der Waals surface area contributed by atoms with Crippen molar-refractivity contribution in [1.82, 2.24) is 5.32 Å². The number of nitrogens with one attached hydrogen (secondary N) is 1. The second kappa shape index (κ2) is 8.79. The minimum atomic E-state index is -4.07. The number of halogens is 4.